The van der Waals surface area contributed by atoms with Crippen molar-refractivity contribution >= 4 is 12.0 Å². The predicted octanol–water partition coefficient (Wildman–Crippen LogP) is 0.719. The standard InChI is InChI=1S/C8H7FN2O/c9-7-5-6(3-4-11-7)1-2-8(10)12/h1-5H,(H2,10,12). The lowest BCUT2D eigenvalue weighted by molar-refractivity contribution is -0.113. The van der Waals surface area contributed by atoms with Crippen LogP contribution in [0.4, 0.5) is 4.39 Å². The zero-order valence-corrected chi connectivity index (χ0v) is 6.20. The summed E-state index contributed by atoms with van der Waals surface area (Å²) in [5.41, 5.74) is 5.40. The zero-order chi connectivity index (χ0) is 8.97. The van der Waals surface area contributed by atoms with Crippen molar-refractivity contribution in [1.82, 2.24) is 4.98 Å². The van der Waals surface area contributed by atoms with Gasteiger partial charge in [0.1, 0.15) is 0 Å². The van der Waals surface area contributed by atoms with E-state index in [1.807, 2.05) is 0 Å². The number of carbonyl (C=O) groups excluding carboxylic acids is 1. The van der Waals surface area contributed by atoms with Gasteiger partial charge in [0, 0.05) is 18.3 Å². The number of hydrogen-bond acceptors (Lipinski definition) is 2. The largest absolute Gasteiger partial charge is 0.366 e. The number of carbonyl (C=O) groups is 1. The molecule has 0 aromatic carbocycles. The van der Waals surface area contributed by atoms with E-state index in [2.05, 4.69) is 4.98 Å². The Hall–Kier alpha value is -1.71. The molecule has 1 rings (SSSR count). The lowest BCUT2D eigenvalue weighted by atomic mass is 10.2. The van der Waals surface area contributed by atoms with Gasteiger partial charge < -0.3 is 5.73 Å². The number of amides is 1. The average Bonchev–Trinajstić information content (AvgIpc) is 2.01. The van der Waals surface area contributed by atoms with E-state index in [0.29, 0.717) is 5.56 Å². The fourth-order valence-corrected chi connectivity index (χ4v) is 0.699. The van der Waals surface area contributed by atoms with Gasteiger partial charge in [-0.15, -0.1) is 0 Å². The van der Waals surface area contributed by atoms with Crippen LogP contribution in [0.2, 0.25) is 0 Å². The number of halogens is 1. The van der Waals surface area contributed by atoms with Crippen LogP contribution in [-0.2, 0) is 4.79 Å². The lowest BCUT2D eigenvalue weighted by Crippen LogP contribution is -2.05. The molecule has 0 aliphatic carbocycles. The van der Waals surface area contributed by atoms with Gasteiger partial charge in [0.25, 0.3) is 0 Å². The summed E-state index contributed by atoms with van der Waals surface area (Å²) in [7, 11) is 0. The maximum atomic E-state index is 12.4. The predicted molar refractivity (Wildman–Crippen MR) is 42.4 cm³/mol. The van der Waals surface area contributed by atoms with Gasteiger partial charge in [0.2, 0.25) is 11.9 Å². The van der Waals surface area contributed by atoms with Crippen LogP contribution in [0, 0.1) is 5.95 Å². The van der Waals surface area contributed by atoms with Crippen molar-refractivity contribution in [3.05, 3.63) is 35.9 Å². The highest BCUT2D eigenvalue weighted by Crippen LogP contribution is 2.01. The molecule has 0 radical (unpaired) electrons. The molecule has 1 aromatic rings. The number of hydrogen-bond donors (Lipinski definition) is 1. The summed E-state index contributed by atoms with van der Waals surface area (Å²) in [4.78, 5) is 13.6. The highest BCUT2D eigenvalue weighted by atomic mass is 19.1. The summed E-state index contributed by atoms with van der Waals surface area (Å²) in [6, 6.07) is 2.78. The van der Waals surface area contributed by atoms with E-state index in [1.165, 1.54) is 18.3 Å². The van der Waals surface area contributed by atoms with Crippen LogP contribution in [0.15, 0.2) is 24.4 Å². The fourth-order valence-electron chi connectivity index (χ4n) is 0.699. The third-order valence-electron chi connectivity index (χ3n) is 1.19. The highest BCUT2D eigenvalue weighted by Gasteiger charge is 1.91. The lowest BCUT2D eigenvalue weighted by Gasteiger charge is -1.90. The summed E-state index contributed by atoms with van der Waals surface area (Å²) in [6.45, 7) is 0. The van der Waals surface area contributed by atoms with Crippen molar-refractivity contribution in [2.45, 2.75) is 0 Å². The van der Waals surface area contributed by atoms with E-state index in [1.54, 1.807) is 6.07 Å². The normalized spacial score (nSPS) is 10.4. The summed E-state index contributed by atoms with van der Waals surface area (Å²) in [6.07, 6.45) is 3.90. The van der Waals surface area contributed by atoms with Gasteiger partial charge in [-0.2, -0.15) is 4.39 Å². The average molecular weight is 166 g/mol. The first kappa shape index (κ1) is 8.39. The molecule has 4 heteroatoms. The molecule has 1 heterocycles. The minimum absolute atomic E-state index is 0.557. The topological polar surface area (TPSA) is 56.0 Å². The second kappa shape index (κ2) is 3.61. The van der Waals surface area contributed by atoms with E-state index < -0.39 is 11.9 Å². The van der Waals surface area contributed by atoms with Crippen molar-refractivity contribution in [2.24, 2.45) is 5.73 Å². The number of nitrogens with zero attached hydrogens (tertiary/aromatic N) is 1. The zero-order valence-electron chi connectivity index (χ0n) is 6.20. The number of aromatic nitrogens is 1. The second-order valence-electron chi connectivity index (χ2n) is 2.15. The first-order valence-electron chi connectivity index (χ1n) is 3.27. The maximum Gasteiger partial charge on any atom is 0.241 e. The number of nitrogens with two attached hydrogens (primary N) is 1. The molecule has 0 spiro atoms. The van der Waals surface area contributed by atoms with Gasteiger partial charge in [-0.05, 0) is 17.7 Å². The van der Waals surface area contributed by atoms with E-state index >= 15 is 0 Å². The van der Waals surface area contributed by atoms with Gasteiger partial charge in [-0.25, -0.2) is 4.98 Å². The molecule has 0 fully saturated rings. The SMILES string of the molecule is NC(=O)C=Cc1ccnc(F)c1. The Kier molecular flexibility index (Phi) is 2.53. The van der Waals surface area contributed by atoms with Crippen molar-refractivity contribution < 1.29 is 9.18 Å². The van der Waals surface area contributed by atoms with Gasteiger partial charge in [0.05, 0.1) is 0 Å². The smallest absolute Gasteiger partial charge is 0.241 e. The first-order valence-corrected chi connectivity index (χ1v) is 3.27. The second-order valence-corrected chi connectivity index (χ2v) is 2.15. The summed E-state index contributed by atoms with van der Waals surface area (Å²) >= 11 is 0. The third-order valence-corrected chi connectivity index (χ3v) is 1.19. The summed E-state index contributed by atoms with van der Waals surface area (Å²) in [5, 5.41) is 0. The monoisotopic (exact) mass is 166 g/mol. The molecular weight excluding hydrogens is 159 g/mol. The van der Waals surface area contributed by atoms with Crippen LogP contribution >= 0.6 is 0 Å². The molecule has 0 unspecified atom stereocenters. The van der Waals surface area contributed by atoms with Crippen LogP contribution < -0.4 is 5.73 Å². The Morgan fingerprint density at radius 3 is 3.00 bits per heavy atom. The molecule has 1 amide bonds. The van der Waals surface area contributed by atoms with Crippen LogP contribution in [0.1, 0.15) is 5.56 Å². The van der Waals surface area contributed by atoms with E-state index in [-0.39, 0.29) is 0 Å². The first-order chi connectivity index (χ1) is 5.68. The molecule has 3 nitrogen and oxygen atoms in total. The Bertz CT molecular complexity index is 323. The van der Waals surface area contributed by atoms with Crippen LogP contribution in [-0.4, -0.2) is 10.9 Å². The van der Waals surface area contributed by atoms with E-state index in [0.717, 1.165) is 6.08 Å². The minimum atomic E-state index is -0.582. The van der Waals surface area contributed by atoms with Gasteiger partial charge in [-0.3, -0.25) is 4.79 Å². The molecule has 0 aliphatic heterocycles. The molecule has 0 aliphatic rings. The number of primary amides is 1. The van der Waals surface area contributed by atoms with Gasteiger partial charge >= 0.3 is 0 Å². The summed E-state index contributed by atoms with van der Waals surface area (Å²) in [5.74, 6) is -1.14. The molecular formula is C8H7FN2O. The minimum Gasteiger partial charge on any atom is -0.366 e. The quantitative estimate of drug-likeness (QED) is 0.519. The van der Waals surface area contributed by atoms with Crippen molar-refractivity contribution in [1.29, 1.82) is 0 Å². The van der Waals surface area contributed by atoms with Gasteiger partial charge in [-0.1, -0.05) is 0 Å². The van der Waals surface area contributed by atoms with Crippen molar-refractivity contribution in [3.8, 4) is 0 Å². The van der Waals surface area contributed by atoms with Crippen molar-refractivity contribution in [2.75, 3.05) is 0 Å². The number of rotatable bonds is 2. The Labute approximate surface area is 68.7 Å². The Morgan fingerprint density at radius 1 is 1.67 bits per heavy atom. The fraction of sp³-hybridized carbons (Fsp3) is 0. The van der Waals surface area contributed by atoms with Crippen LogP contribution in [0.5, 0.6) is 0 Å². The third kappa shape index (κ3) is 2.49. The maximum absolute atomic E-state index is 12.4. The molecule has 2 N–H and O–H groups in total. The molecule has 62 valence electrons. The summed E-state index contributed by atoms with van der Waals surface area (Å²) < 4.78 is 12.4. The molecule has 0 saturated heterocycles. The van der Waals surface area contributed by atoms with Crippen LogP contribution in [0.3, 0.4) is 0 Å². The Morgan fingerprint density at radius 2 is 2.42 bits per heavy atom. The molecule has 12 heavy (non-hydrogen) atoms. The molecule has 0 atom stereocenters. The van der Waals surface area contributed by atoms with Crippen molar-refractivity contribution in [3.63, 3.8) is 0 Å². The van der Waals surface area contributed by atoms with Crippen LogP contribution in [0.25, 0.3) is 6.08 Å². The highest BCUT2D eigenvalue weighted by molar-refractivity contribution is 5.90. The van der Waals surface area contributed by atoms with E-state index in [9.17, 15) is 9.18 Å². The molecule has 1 aromatic heterocycles. The number of pyridine rings is 1. The van der Waals surface area contributed by atoms with Gasteiger partial charge in [0.15, 0.2) is 0 Å². The van der Waals surface area contributed by atoms with E-state index in [4.69, 9.17) is 5.73 Å². The molecule has 0 bridgehead atoms. The molecule has 0 saturated carbocycles. The Balaban J connectivity index is 2.83.